The molecule has 1 aromatic carbocycles. The summed E-state index contributed by atoms with van der Waals surface area (Å²) in [6, 6.07) is 8.02. The number of rotatable bonds is 5. The van der Waals surface area contributed by atoms with E-state index in [-0.39, 0.29) is 11.3 Å². The fourth-order valence-corrected chi connectivity index (χ4v) is 2.38. The molecule has 0 radical (unpaired) electrons. The molecule has 0 aliphatic rings. The first-order valence-corrected chi connectivity index (χ1v) is 7.33. The highest BCUT2D eigenvalue weighted by Crippen LogP contribution is 2.07. The number of Topliss-reactive ketones (excluding diaryl/α,β-unsaturated/α-hetero) is 1. The lowest BCUT2D eigenvalue weighted by molar-refractivity contribution is 0.101. The smallest absolute Gasteiger partial charge is 0.295 e. The highest BCUT2D eigenvalue weighted by atomic mass is 16.2. The van der Waals surface area contributed by atoms with Gasteiger partial charge in [0.1, 0.15) is 0 Å². The quantitative estimate of drug-likeness (QED) is 0.790. The average molecular weight is 300 g/mol. The van der Waals surface area contributed by atoms with Crippen molar-refractivity contribution in [2.45, 2.75) is 33.2 Å². The number of carbonyl (C=O) groups excluding carboxylic acids is 1. The number of hydrogen-bond donors (Lipinski definition) is 0. The Bertz CT molecular complexity index is 798. The molecular weight excluding hydrogens is 280 g/mol. The Balaban J connectivity index is 2.39. The second kappa shape index (κ2) is 6.56. The molecule has 1 aromatic heterocycles. The minimum absolute atomic E-state index is 0.0321. The Hall–Kier alpha value is -2.43. The molecule has 0 bridgehead atoms. The Kier molecular flexibility index (Phi) is 4.75. The van der Waals surface area contributed by atoms with Gasteiger partial charge in [-0.15, -0.1) is 0 Å². The third kappa shape index (κ3) is 3.24. The number of hydrogen-bond acceptors (Lipinski definition) is 3. The second-order valence-electron chi connectivity index (χ2n) is 5.44. The molecule has 0 atom stereocenters. The molecule has 0 amide bonds. The first-order valence-electron chi connectivity index (χ1n) is 7.33. The van der Waals surface area contributed by atoms with Gasteiger partial charge in [-0.1, -0.05) is 37.6 Å². The molecule has 0 aliphatic heterocycles. The zero-order chi connectivity index (χ0) is 16.3. The monoisotopic (exact) mass is 300 g/mol. The van der Waals surface area contributed by atoms with Gasteiger partial charge in [-0.25, -0.2) is 4.79 Å². The lowest BCUT2D eigenvalue weighted by Crippen LogP contribution is -2.40. The average Bonchev–Trinajstić information content (AvgIpc) is 2.49. The van der Waals surface area contributed by atoms with Crippen LogP contribution in [-0.4, -0.2) is 14.9 Å². The maximum Gasteiger partial charge on any atom is 0.331 e. The van der Waals surface area contributed by atoms with E-state index in [1.807, 2.05) is 24.3 Å². The van der Waals surface area contributed by atoms with E-state index in [1.165, 1.54) is 30.3 Å². The van der Waals surface area contributed by atoms with Crippen LogP contribution < -0.4 is 11.2 Å². The van der Waals surface area contributed by atoms with Crippen LogP contribution in [0.2, 0.25) is 0 Å². The maximum atomic E-state index is 12.2. The third-order valence-electron chi connectivity index (χ3n) is 3.65. The SMILES string of the molecule is CCCc1ccc(Cn2cc(C(C)=O)c(=O)n(C)c2=O)cc1. The molecule has 0 N–H and O–H groups in total. The molecule has 0 fully saturated rings. The molecular formula is C17H20N2O3. The number of nitrogens with zero attached hydrogens (tertiary/aromatic N) is 2. The minimum Gasteiger partial charge on any atom is -0.295 e. The molecule has 0 aliphatic carbocycles. The van der Waals surface area contributed by atoms with Crippen molar-refractivity contribution in [1.82, 2.24) is 9.13 Å². The zero-order valence-corrected chi connectivity index (χ0v) is 13.1. The van der Waals surface area contributed by atoms with Crippen molar-refractivity contribution in [3.8, 4) is 0 Å². The third-order valence-corrected chi connectivity index (χ3v) is 3.65. The van der Waals surface area contributed by atoms with E-state index >= 15 is 0 Å². The lowest BCUT2D eigenvalue weighted by Gasteiger charge is -2.10. The molecule has 0 saturated heterocycles. The summed E-state index contributed by atoms with van der Waals surface area (Å²) in [5.41, 5.74) is 1.27. The van der Waals surface area contributed by atoms with Gasteiger partial charge in [0.2, 0.25) is 0 Å². The summed E-state index contributed by atoms with van der Waals surface area (Å²) in [6.07, 6.45) is 3.46. The zero-order valence-electron chi connectivity index (χ0n) is 13.1. The minimum atomic E-state index is -0.549. The summed E-state index contributed by atoms with van der Waals surface area (Å²) in [7, 11) is 1.39. The summed E-state index contributed by atoms with van der Waals surface area (Å²) >= 11 is 0. The first kappa shape index (κ1) is 15.9. The van der Waals surface area contributed by atoms with Gasteiger partial charge in [0.25, 0.3) is 5.56 Å². The van der Waals surface area contributed by atoms with Gasteiger partial charge in [-0.3, -0.25) is 18.7 Å². The highest BCUT2D eigenvalue weighted by molar-refractivity contribution is 5.93. The van der Waals surface area contributed by atoms with Crippen LogP contribution in [0, 0.1) is 0 Å². The van der Waals surface area contributed by atoms with Crippen molar-refractivity contribution in [2.75, 3.05) is 0 Å². The Labute approximate surface area is 128 Å². The highest BCUT2D eigenvalue weighted by Gasteiger charge is 2.12. The fourth-order valence-electron chi connectivity index (χ4n) is 2.38. The Morgan fingerprint density at radius 1 is 1.09 bits per heavy atom. The molecule has 1 heterocycles. The largest absolute Gasteiger partial charge is 0.331 e. The van der Waals surface area contributed by atoms with Crippen LogP contribution in [0.3, 0.4) is 0 Å². The number of aryl methyl sites for hydroxylation is 1. The van der Waals surface area contributed by atoms with E-state index in [1.54, 1.807) is 0 Å². The predicted octanol–water partition coefficient (Wildman–Crippen LogP) is 1.75. The van der Waals surface area contributed by atoms with Crippen molar-refractivity contribution in [1.29, 1.82) is 0 Å². The molecule has 2 aromatic rings. The molecule has 2 rings (SSSR count). The predicted molar refractivity (Wildman–Crippen MR) is 85.5 cm³/mol. The van der Waals surface area contributed by atoms with Crippen molar-refractivity contribution in [3.05, 3.63) is 68.0 Å². The molecule has 0 spiro atoms. The van der Waals surface area contributed by atoms with E-state index in [2.05, 4.69) is 6.92 Å². The number of carbonyl (C=O) groups is 1. The summed E-state index contributed by atoms with van der Waals surface area (Å²) in [5, 5.41) is 0. The number of benzene rings is 1. The van der Waals surface area contributed by atoms with Crippen LogP contribution in [0.5, 0.6) is 0 Å². The van der Waals surface area contributed by atoms with Gasteiger partial charge < -0.3 is 0 Å². The normalized spacial score (nSPS) is 10.7. The van der Waals surface area contributed by atoms with Crippen LogP contribution >= 0.6 is 0 Å². The molecule has 5 nitrogen and oxygen atoms in total. The van der Waals surface area contributed by atoms with Crippen LogP contribution in [0.15, 0.2) is 40.1 Å². The van der Waals surface area contributed by atoms with E-state index in [0.717, 1.165) is 23.0 Å². The maximum absolute atomic E-state index is 12.2. The molecule has 5 heteroatoms. The van der Waals surface area contributed by atoms with Gasteiger partial charge >= 0.3 is 5.69 Å². The van der Waals surface area contributed by atoms with Crippen molar-refractivity contribution < 1.29 is 4.79 Å². The summed E-state index contributed by atoms with van der Waals surface area (Å²) < 4.78 is 2.37. The van der Waals surface area contributed by atoms with Crippen molar-refractivity contribution in [2.24, 2.45) is 7.05 Å². The van der Waals surface area contributed by atoms with Crippen molar-refractivity contribution >= 4 is 5.78 Å². The summed E-state index contributed by atoms with van der Waals surface area (Å²) in [5.74, 6) is -0.340. The lowest BCUT2D eigenvalue weighted by atomic mass is 10.1. The standard InChI is InChI=1S/C17H20N2O3/c1-4-5-13-6-8-14(9-7-13)10-19-11-15(12(2)20)16(21)18(3)17(19)22/h6-9,11H,4-5,10H2,1-3H3. The summed E-state index contributed by atoms with van der Waals surface area (Å²) in [6.45, 7) is 3.78. The second-order valence-corrected chi connectivity index (χ2v) is 5.44. The van der Waals surface area contributed by atoms with Crippen LogP contribution in [-0.2, 0) is 20.0 Å². The topological polar surface area (TPSA) is 61.1 Å². The number of aromatic nitrogens is 2. The van der Waals surface area contributed by atoms with E-state index in [9.17, 15) is 14.4 Å². The first-order chi connectivity index (χ1) is 10.4. The van der Waals surface area contributed by atoms with Crippen molar-refractivity contribution in [3.63, 3.8) is 0 Å². The fraction of sp³-hybridized carbons (Fsp3) is 0.353. The molecule has 0 saturated carbocycles. The summed E-state index contributed by atoms with van der Waals surface area (Å²) in [4.78, 5) is 35.6. The van der Waals surface area contributed by atoms with Gasteiger partial charge in [0.15, 0.2) is 5.78 Å². The molecule has 22 heavy (non-hydrogen) atoms. The van der Waals surface area contributed by atoms with Gasteiger partial charge in [-0.2, -0.15) is 0 Å². The van der Waals surface area contributed by atoms with Crippen LogP contribution in [0.1, 0.15) is 41.8 Å². The Morgan fingerprint density at radius 2 is 1.68 bits per heavy atom. The van der Waals surface area contributed by atoms with E-state index < -0.39 is 11.2 Å². The van der Waals surface area contributed by atoms with Crippen LogP contribution in [0.25, 0.3) is 0 Å². The van der Waals surface area contributed by atoms with Gasteiger partial charge in [0.05, 0.1) is 12.1 Å². The van der Waals surface area contributed by atoms with E-state index in [0.29, 0.717) is 6.54 Å². The number of ketones is 1. The van der Waals surface area contributed by atoms with E-state index in [4.69, 9.17) is 0 Å². The van der Waals surface area contributed by atoms with Gasteiger partial charge in [0, 0.05) is 13.2 Å². The van der Waals surface area contributed by atoms with Crippen LogP contribution in [0.4, 0.5) is 0 Å². The van der Waals surface area contributed by atoms with Gasteiger partial charge in [-0.05, 0) is 24.5 Å². The molecule has 0 unspecified atom stereocenters. The Morgan fingerprint density at radius 3 is 2.23 bits per heavy atom. The molecule has 116 valence electrons.